The lowest BCUT2D eigenvalue weighted by atomic mass is 9.67. The minimum Gasteiger partial charge on any atom is -0.309 e. The van der Waals surface area contributed by atoms with Gasteiger partial charge in [0.25, 0.3) is 0 Å². The highest BCUT2D eigenvalue weighted by Crippen LogP contribution is 2.52. The fraction of sp³-hybridized carbons (Fsp3) is 0.632. The molecule has 4 fully saturated rings. The number of benzene rings is 1. The van der Waals surface area contributed by atoms with Crippen LogP contribution in [0.15, 0.2) is 24.3 Å². The molecular formula is C19H24FNO. The number of hydrogen-bond donors (Lipinski definition) is 1. The summed E-state index contributed by atoms with van der Waals surface area (Å²) in [7, 11) is 0. The number of halogens is 1. The Hall–Kier alpha value is -1.22. The molecule has 1 N–H and O–H groups in total. The predicted molar refractivity (Wildman–Crippen MR) is 83.6 cm³/mol. The maximum absolute atomic E-state index is 13.0. The van der Waals surface area contributed by atoms with Gasteiger partial charge in [0.05, 0.1) is 0 Å². The second-order valence-corrected chi connectivity index (χ2v) is 7.68. The Labute approximate surface area is 131 Å². The van der Waals surface area contributed by atoms with Crippen molar-refractivity contribution in [3.63, 3.8) is 0 Å². The number of hydrogen-bond acceptors (Lipinski definition) is 2. The highest BCUT2D eigenvalue weighted by atomic mass is 19.1. The fourth-order valence-electron chi connectivity index (χ4n) is 5.51. The zero-order valence-electron chi connectivity index (χ0n) is 12.9. The minimum atomic E-state index is -0.195. The highest BCUT2D eigenvalue weighted by Gasteiger charge is 2.48. The molecule has 4 aliphatic carbocycles. The molecule has 0 radical (unpaired) electrons. The molecule has 0 amide bonds. The Morgan fingerprint density at radius 3 is 2.27 bits per heavy atom. The monoisotopic (exact) mass is 301 g/mol. The average Bonchev–Trinajstić information content (AvgIpc) is 2.67. The van der Waals surface area contributed by atoms with E-state index in [2.05, 4.69) is 5.32 Å². The van der Waals surface area contributed by atoms with Crippen molar-refractivity contribution in [2.45, 2.75) is 44.7 Å². The Morgan fingerprint density at radius 2 is 1.64 bits per heavy atom. The van der Waals surface area contributed by atoms with Crippen molar-refractivity contribution in [3.8, 4) is 0 Å². The molecule has 0 aliphatic heterocycles. The van der Waals surface area contributed by atoms with Gasteiger partial charge in [-0.3, -0.25) is 0 Å². The van der Waals surface area contributed by atoms with E-state index in [1.54, 1.807) is 0 Å². The van der Waals surface area contributed by atoms with Crippen LogP contribution in [0.5, 0.6) is 0 Å². The topological polar surface area (TPSA) is 29.1 Å². The molecule has 118 valence electrons. The molecule has 4 bridgehead atoms. The lowest BCUT2D eigenvalue weighted by Crippen LogP contribution is -2.43. The standard InChI is InChI=1S/C19H24FNO/c20-17-3-1-12(2-4-17)10-21-19-16-8-13-5-14(9-16)7-15(6-13)18(19)11-22/h1-4,11,13-16,18-19,21H,5-10H2/t13?,14?,15?,16?,18-,19+/m1/s1. The molecule has 4 aliphatic rings. The van der Waals surface area contributed by atoms with Crippen molar-refractivity contribution in [2.24, 2.45) is 29.6 Å². The van der Waals surface area contributed by atoms with Gasteiger partial charge >= 0.3 is 0 Å². The summed E-state index contributed by atoms with van der Waals surface area (Å²) in [5, 5.41) is 3.66. The van der Waals surface area contributed by atoms with Crippen molar-refractivity contribution in [1.29, 1.82) is 0 Å². The molecule has 5 rings (SSSR count). The molecule has 22 heavy (non-hydrogen) atoms. The molecule has 1 aromatic carbocycles. The predicted octanol–water partition coefficient (Wildman–Crippen LogP) is 3.56. The zero-order chi connectivity index (χ0) is 15.1. The summed E-state index contributed by atoms with van der Waals surface area (Å²) in [4.78, 5) is 11.8. The lowest BCUT2D eigenvalue weighted by molar-refractivity contribution is -0.113. The van der Waals surface area contributed by atoms with E-state index in [1.165, 1.54) is 50.5 Å². The Balaban J connectivity index is 1.51. The Morgan fingerprint density at radius 1 is 1.00 bits per heavy atom. The number of fused-ring (bicyclic) bond motifs is 1. The summed E-state index contributed by atoms with van der Waals surface area (Å²) in [6, 6.07) is 6.99. The van der Waals surface area contributed by atoms with E-state index in [4.69, 9.17) is 0 Å². The first-order chi connectivity index (χ1) is 10.7. The average molecular weight is 301 g/mol. The number of aldehydes is 1. The van der Waals surface area contributed by atoms with E-state index in [0.717, 1.165) is 23.9 Å². The molecule has 4 saturated carbocycles. The van der Waals surface area contributed by atoms with Crippen molar-refractivity contribution in [2.75, 3.05) is 0 Å². The quantitative estimate of drug-likeness (QED) is 0.862. The molecule has 0 spiro atoms. The first-order valence-electron chi connectivity index (χ1n) is 8.66. The summed E-state index contributed by atoms with van der Waals surface area (Å²) in [6.45, 7) is 0.730. The third-order valence-electron chi connectivity index (χ3n) is 6.29. The molecule has 1 aromatic rings. The van der Waals surface area contributed by atoms with Crippen LogP contribution in [0.4, 0.5) is 4.39 Å². The highest BCUT2D eigenvalue weighted by molar-refractivity contribution is 5.56. The largest absolute Gasteiger partial charge is 0.309 e. The second-order valence-electron chi connectivity index (χ2n) is 7.68. The molecule has 2 unspecified atom stereocenters. The van der Waals surface area contributed by atoms with Gasteiger partial charge in [0, 0.05) is 18.5 Å². The van der Waals surface area contributed by atoms with E-state index in [-0.39, 0.29) is 11.7 Å². The fourth-order valence-corrected chi connectivity index (χ4v) is 5.51. The zero-order valence-corrected chi connectivity index (χ0v) is 12.9. The van der Waals surface area contributed by atoms with Gasteiger partial charge in [-0.25, -0.2) is 4.39 Å². The third-order valence-corrected chi connectivity index (χ3v) is 6.29. The van der Waals surface area contributed by atoms with Crippen molar-refractivity contribution in [1.82, 2.24) is 5.32 Å². The van der Waals surface area contributed by atoms with Gasteiger partial charge in [0.1, 0.15) is 12.1 Å². The van der Waals surface area contributed by atoms with Gasteiger partial charge in [-0.2, -0.15) is 0 Å². The van der Waals surface area contributed by atoms with E-state index in [9.17, 15) is 9.18 Å². The normalized spacial score (nSPS) is 39.7. The molecule has 3 heteroatoms. The van der Waals surface area contributed by atoms with Gasteiger partial charge < -0.3 is 10.1 Å². The van der Waals surface area contributed by atoms with Crippen LogP contribution >= 0.6 is 0 Å². The summed E-state index contributed by atoms with van der Waals surface area (Å²) in [5.41, 5.74) is 1.09. The van der Waals surface area contributed by atoms with E-state index in [0.29, 0.717) is 17.9 Å². The van der Waals surface area contributed by atoms with Crippen LogP contribution in [0.25, 0.3) is 0 Å². The maximum Gasteiger partial charge on any atom is 0.124 e. The summed E-state index contributed by atoms with van der Waals surface area (Å²) in [6.07, 6.45) is 7.70. The summed E-state index contributed by atoms with van der Waals surface area (Å²) < 4.78 is 13.0. The molecule has 0 saturated heterocycles. The molecular weight excluding hydrogens is 277 g/mol. The van der Waals surface area contributed by atoms with Gasteiger partial charge in [-0.05, 0) is 73.5 Å². The number of carbonyl (C=O) groups is 1. The molecule has 0 heterocycles. The van der Waals surface area contributed by atoms with Crippen LogP contribution < -0.4 is 5.32 Å². The van der Waals surface area contributed by atoms with Crippen LogP contribution in [0.3, 0.4) is 0 Å². The van der Waals surface area contributed by atoms with Gasteiger partial charge in [0.2, 0.25) is 0 Å². The van der Waals surface area contributed by atoms with Gasteiger partial charge in [-0.15, -0.1) is 0 Å². The van der Waals surface area contributed by atoms with E-state index in [1.807, 2.05) is 12.1 Å². The number of nitrogens with one attached hydrogen (secondary N) is 1. The summed E-state index contributed by atoms with van der Waals surface area (Å²) in [5.74, 6) is 2.90. The number of carbonyl (C=O) groups excluding carboxylic acids is 1. The SMILES string of the molecule is O=C[C@@H]1C2CC3CC(C2)CC(C3)[C@@H]1NCc1ccc(F)cc1. The molecule has 4 atom stereocenters. The van der Waals surface area contributed by atoms with Gasteiger partial charge in [-0.1, -0.05) is 12.1 Å². The smallest absolute Gasteiger partial charge is 0.124 e. The second kappa shape index (κ2) is 5.77. The minimum absolute atomic E-state index is 0.167. The van der Waals surface area contributed by atoms with Gasteiger partial charge in [0.15, 0.2) is 0 Å². The Kier molecular flexibility index (Phi) is 3.77. The van der Waals surface area contributed by atoms with Crippen LogP contribution in [0, 0.1) is 35.4 Å². The van der Waals surface area contributed by atoms with E-state index < -0.39 is 0 Å². The van der Waals surface area contributed by atoms with Crippen molar-refractivity contribution in [3.05, 3.63) is 35.6 Å². The molecule has 2 nitrogen and oxygen atoms in total. The number of rotatable bonds is 4. The van der Waals surface area contributed by atoms with Crippen LogP contribution in [-0.2, 0) is 11.3 Å². The maximum atomic E-state index is 13.0. The summed E-state index contributed by atoms with van der Waals surface area (Å²) >= 11 is 0. The Bertz CT molecular complexity index is 529. The van der Waals surface area contributed by atoms with Crippen LogP contribution in [0.2, 0.25) is 0 Å². The third kappa shape index (κ3) is 2.60. The van der Waals surface area contributed by atoms with Crippen molar-refractivity contribution >= 4 is 6.29 Å². The van der Waals surface area contributed by atoms with Crippen LogP contribution in [0.1, 0.15) is 37.7 Å². The first kappa shape index (κ1) is 14.4. The molecule has 0 aromatic heterocycles. The van der Waals surface area contributed by atoms with Crippen LogP contribution in [-0.4, -0.2) is 12.3 Å². The first-order valence-corrected chi connectivity index (χ1v) is 8.66. The lowest BCUT2D eigenvalue weighted by Gasteiger charge is -2.39. The van der Waals surface area contributed by atoms with E-state index >= 15 is 0 Å². The van der Waals surface area contributed by atoms with Crippen molar-refractivity contribution < 1.29 is 9.18 Å².